The Morgan fingerprint density at radius 1 is 1.29 bits per heavy atom. The first-order valence-corrected chi connectivity index (χ1v) is 9.08. The predicted molar refractivity (Wildman–Crippen MR) is 94.8 cm³/mol. The number of aryl methyl sites for hydroxylation is 1. The molecule has 134 valence electrons. The molecule has 0 unspecified atom stereocenters. The highest BCUT2D eigenvalue weighted by Gasteiger charge is 2.26. The van der Waals surface area contributed by atoms with Gasteiger partial charge in [-0.2, -0.15) is 0 Å². The van der Waals surface area contributed by atoms with Crippen LogP contribution in [0.3, 0.4) is 0 Å². The first-order chi connectivity index (χ1) is 11.3. The van der Waals surface area contributed by atoms with Crippen molar-refractivity contribution in [3.05, 3.63) is 16.0 Å². The van der Waals surface area contributed by atoms with Crippen LogP contribution in [0, 0.1) is 13.8 Å². The van der Waals surface area contributed by atoms with Gasteiger partial charge in [-0.25, -0.2) is 4.79 Å². The van der Waals surface area contributed by atoms with Crippen molar-refractivity contribution in [1.82, 2.24) is 4.90 Å². The van der Waals surface area contributed by atoms with E-state index in [0.717, 1.165) is 23.5 Å². The van der Waals surface area contributed by atoms with Crippen molar-refractivity contribution < 1.29 is 19.1 Å². The SMILES string of the molecule is CCOC(=O)c1c(NC(=O)CN2C[C@H](C)O[C@@H](C)C2)sc(C)c1C. The maximum Gasteiger partial charge on any atom is 0.341 e. The lowest BCUT2D eigenvalue weighted by Crippen LogP contribution is -2.48. The number of carbonyl (C=O) groups is 2. The molecule has 1 saturated heterocycles. The van der Waals surface area contributed by atoms with Gasteiger partial charge >= 0.3 is 5.97 Å². The molecule has 2 heterocycles. The largest absolute Gasteiger partial charge is 0.462 e. The van der Waals surface area contributed by atoms with Gasteiger partial charge in [0.25, 0.3) is 0 Å². The molecule has 1 fully saturated rings. The third-order valence-electron chi connectivity index (χ3n) is 3.98. The summed E-state index contributed by atoms with van der Waals surface area (Å²) in [7, 11) is 0. The molecular weight excluding hydrogens is 328 g/mol. The van der Waals surface area contributed by atoms with Gasteiger partial charge in [0.1, 0.15) is 5.00 Å². The van der Waals surface area contributed by atoms with E-state index < -0.39 is 0 Å². The summed E-state index contributed by atoms with van der Waals surface area (Å²) in [6.45, 7) is 11.6. The number of rotatable bonds is 5. The topological polar surface area (TPSA) is 67.9 Å². The Morgan fingerprint density at radius 2 is 1.92 bits per heavy atom. The summed E-state index contributed by atoms with van der Waals surface area (Å²) in [6, 6.07) is 0. The Morgan fingerprint density at radius 3 is 2.50 bits per heavy atom. The van der Waals surface area contributed by atoms with E-state index in [1.54, 1.807) is 6.92 Å². The summed E-state index contributed by atoms with van der Waals surface area (Å²) >= 11 is 1.41. The molecule has 0 radical (unpaired) electrons. The molecule has 1 aromatic rings. The Bertz CT molecular complexity index is 604. The summed E-state index contributed by atoms with van der Waals surface area (Å²) < 4.78 is 10.8. The number of nitrogens with zero attached hydrogens (tertiary/aromatic N) is 1. The fourth-order valence-corrected chi connectivity index (χ4v) is 4.01. The van der Waals surface area contributed by atoms with E-state index in [-0.39, 0.29) is 30.6 Å². The number of esters is 1. The minimum absolute atomic E-state index is 0.114. The number of nitrogens with one attached hydrogen (secondary N) is 1. The number of anilines is 1. The molecule has 2 rings (SSSR count). The number of morpholine rings is 1. The number of hydrogen-bond donors (Lipinski definition) is 1. The fourth-order valence-electron chi connectivity index (χ4n) is 2.95. The van der Waals surface area contributed by atoms with Gasteiger partial charge in [0, 0.05) is 18.0 Å². The normalized spacial score (nSPS) is 21.5. The quantitative estimate of drug-likeness (QED) is 0.823. The van der Waals surface area contributed by atoms with Crippen LogP contribution in [0.1, 0.15) is 41.6 Å². The number of hydrogen-bond acceptors (Lipinski definition) is 6. The van der Waals surface area contributed by atoms with E-state index >= 15 is 0 Å². The number of thiophene rings is 1. The van der Waals surface area contributed by atoms with Crippen LogP contribution in [-0.2, 0) is 14.3 Å². The highest BCUT2D eigenvalue weighted by Crippen LogP contribution is 2.33. The molecule has 0 aliphatic carbocycles. The van der Waals surface area contributed by atoms with Crippen LogP contribution in [-0.4, -0.2) is 55.2 Å². The summed E-state index contributed by atoms with van der Waals surface area (Å²) in [5, 5.41) is 3.46. The molecule has 7 heteroatoms. The smallest absolute Gasteiger partial charge is 0.341 e. The van der Waals surface area contributed by atoms with Crippen molar-refractivity contribution in [2.45, 2.75) is 46.8 Å². The van der Waals surface area contributed by atoms with Gasteiger partial charge in [0.15, 0.2) is 0 Å². The zero-order valence-electron chi connectivity index (χ0n) is 15.0. The second-order valence-electron chi connectivity index (χ2n) is 6.21. The molecule has 0 saturated carbocycles. The molecule has 2 atom stereocenters. The van der Waals surface area contributed by atoms with Crippen LogP contribution in [0.25, 0.3) is 0 Å². The van der Waals surface area contributed by atoms with Gasteiger partial charge in [-0.05, 0) is 40.2 Å². The van der Waals surface area contributed by atoms with Gasteiger partial charge in [0.2, 0.25) is 5.91 Å². The summed E-state index contributed by atoms with van der Waals surface area (Å²) in [6.07, 6.45) is 0.228. The van der Waals surface area contributed by atoms with E-state index in [0.29, 0.717) is 17.2 Å². The zero-order chi connectivity index (χ0) is 17.9. The van der Waals surface area contributed by atoms with Crippen molar-refractivity contribution in [3.63, 3.8) is 0 Å². The van der Waals surface area contributed by atoms with E-state index in [1.807, 2.05) is 27.7 Å². The Balaban J connectivity index is 2.06. The minimum atomic E-state index is -0.386. The third-order valence-corrected chi connectivity index (χ3v) is 5.10. The van der Waals surface area contributed by atoms with Crippen molar-refractivity contribution in [1.29, 1.82) is 0 Å². The van der Waals surface area contributed by atoms with Gasteiger partial charge < -0.3 is 14.8 Å². The molecule has 1 amide bonds. The van der Waals surface area contributed by atoms with Gasteiger partial charge in [-0.1, -0.05) is 0 Å². The molecule has 1 aromatic heterocycles. The van der Waals surface area contributed by atoms with Gasteiger partial charge in [-0.3, -0.25) is 9.69 Å². The monoisotopic (exact) mass is 354 g/mol. The van der Waals surface area contributed by atoms with E-state index in [9.17, 15) is 9.59 Å². The maximum absolute atomic E-state index is 12.4. The lowest BCUT2D eigenvalue weighted by Gasteiger charge is -2.34. The first-order valence-electron chi connectivity index (χ1n) is 8.26. The average molecular weight is 354 g/mol. The van der Waals surface area contributed by atoms with Crippen LogP contribution in [0.4, 0.5) is 5.00 Å². The number of amides is 1. The molecule has 0 bridgehead atoms. The third kappa shape index (κ3) is 4.55. The van der Waals surface area contributed by atoms with Crippen LogP contribution >= 0.6 is 11.3 Å². The lowest BCUT2D eigenvalue weighted by molar-refractivity contribution is -0.121. The molecule has 1 aliphatic rings. The predicted octanol–water partition coefficient (Wildman–Crippen LogP) is 2.59. The standard InChI is InChI=1S/C17H26N2O4S/c1-6-22-17(21)15-12(4)13(5)24-16(15)18-14(20)9-19-7-10(2)23-11(3)8-19/h10-11H,6-9H2,1-5H3,(H,18,20)/t10-,11-/m0/s1. The molecular formula is C17H26N2O4S. The van der Waals surface area contributed by atoms with Crippen molar-refractivity contribution in [3.8, 4) is 0 Å². The van der Waals surface area contributed by atoms with E-state index in [2.05, 4.69) is 10.2 Å². The van der Waals surface area contributed by atoms with Crippen molar-refractivity contribution in [2.75, 3.05) is 31.6 Å². The van der Waals surface area contributed by atoms with Crippen LogP contribution in [0.5, 0.6) is 0 Å². The maximum atomic E-state index is 12.4. The number of ether oxygens (including phenoxy) is 2. The fraction of sp³-hybridized carbons (Fsp3) is 0.647. The minimum Gasteiger partial charge on any atom is -0.462 e. The summed E-state index contributed by atoms with van der Waals surface area (Å²) in [5.74, 6) is -0.508. The Kier molecular flexibility index (Phi) is 6.37. The second-order valence-corrected chi connectivity index (χ2v) is 7.43. The molecule has 0 aromatic carbocycles. The zero-order valence-corrected chi connectivity index (χ0v) is 15.8. The highest BCUT2D eigenvalue weighted by molar-refractivity contribution is 7.16. The first kappa shape index (κ1) is 18.9. The van der Waals surface area contributed by atoms with Crippen molar-refractivity contribution >= 4 is 28.2 Å². The second kappa shape index (κ2) is 8.09. The number of carbonyl (C=O) groups excluding carboxylic acids is 2. The highest BCUT2D eigenvalue weighted by atomic mass is 32.1. The Labute approximate surface area is 147 Å². The Hall–Kier alpha value is -1.44. The van der Waals surface area contributed by atoms with Gasteiger partial charge in [-0.15, -0.1) is 11.3 Å². The average Bonchev–Trinajstić information content (AvgIpc) is 2.72. The lowest BCUT2D eigenvalue weighted by atomic mass is 10.1. The molecule has 1 aliphatic heterocycles. The molecule has 0 spiro atoms. The van der Waals surface area contributed by atoms with Crippen LogP contribution < -0.4 is 5.32 Å². The molecule has 1 N–H and O–H groups in total. The van der Waals surface area contributed by atoms with Gasteiger partial charge in [0.05, 0.1) is 30.9 Å². The molecule has 6 nitrogen and oxygen atoms in total. The van der Waals surface area contributed by atoms with Crippen molar-refractivity contribution in [2.24, 2.45) is 0 Å². The van der Waals surface area contributed by atoms with Crippen LogP contribution in [0.2, 0.25) is 0 Å². The van der Waals surface area contributed by atoms with E-state index in [1.165, 1.54) is 11.3 Å². The summed E-state index contributed by atoms with van der Waals surface area (Å²) in [4.78, 5) is 27.6. The summed E-state index contributed by atoms with van der Waals surface area (Å²) in [5.41, 5.74) is 1.33. The molecule has 24 heavy (non-hydrogen) atoms. The van der Waals surface area contributed by atoms with Crippen LogP contribution in [0.15, 0.2) is 0 Å². The van der Waals surface area contributed by atoms with E-state index in [4.69, 9.17) is 9.47 Å².